The normalized spacial score (nSPS) is 13.3. The summed E-state index contributed by atoms with van der Waals surface area (Å²) in [7, 11) is 3.28. The maximum atomic E-state index is 12.2. The van der Waals surface area contributed by atoms with Crippen molar-refractivity contribution in [1.29, 1.82) is 0 Å². The van der Waals surface area contributed by atoms with Crippen LogP contribution in [-0.2, 0) is 11.2 Å². The quantitative estimate of drug-likeness (QED) is 0.735. The van der Waals surface area contributed by atoms with E-state index in [1.165, 1.54) is 7.05 Å². The number of carbonyl (C=O) groups is 2. The van der Waals surface area contributed by atoms with Gasteiger partial charge in [0.2, 0.25) is 0 Å². The number of aromatic nitrogens is 1. The maximum absolute atomic E-state index is 12.2. The van der Waals surface area contributed by atoms with Crippen molar-refractivity contribution >= 4 is 23.5 Å². The van der Waals surface area contributed by atoms with Crippen LogP contribution < -0.4 is 16.4 Å². The lowest BCUT2D eigenvalue weighted by Crippen LogP contribution is -2.39. The first-order chi connectivity index (χ1) is 12.6. The lowest BCUT2D eigenvalue weighted by Gasteiger charge is -2.28. The number of nitrogens with zero attached hydrogens (tertiary/aromatic N) is 2. The van der Waals surface area contributed by atoms with Gasteiger partial charge < -0.3 is 26.0 Å². The van der Waals surface area contributed by atoms with E-state index in [4.69, 9.17) is 10.5 Å². The second-order valence-electron chi connectivity index (χ2n) is 7.01. The molecule has 0 spiro atoms. The van der Waals surface area contributed by atoms with Gasteiger partial charge in [-0.15, -0.1) is 0 Å². The summed E-state index contributed by atoms with van der Waals surface area (Å²) in [6.07, 6.45) is 0.670. The fraction of sp³-hybridized carbons (Fsp3) is 0.611. The molecule has 0 fully saturated rings. The predicted octanol–water partition coefficient (Wildman–Crippen LogP) is 2.20. The molecule has 8 nitrogen and oxygen atoms in total. The van der Waals surface area contributed by atoms with Crippen LogP contribution in [0.3, 0.4) is 0 Å². The summed E-state index contributed by atoms with van der Waals surface area (Å²) < 4.78 is 17.0. The first kappa shape index (κ1) is 22.5. The van der Waals surface area contributed by atoms with Gasteiger partial charge in [-0.3, -0.25) is 9.18 Å². The Bertz CT molecular complexity index is 661. The molecule has 2 rings (SSSR count). The third-order valence-corrected chi connectivity index (χ3v) is 3.67. The van der Waals surface area contributed by atoms with E-state index in [0.29, 0.717) is 43.0 Å². The zero-order valence-electron chi connectivity index (χ0n) is 16.7. The zero-order valence-corrected chi connectivity index (χ0v) is 16.7. The van der Waals surface area contributed by atoms with E-state index in [2.05, 4.69) is 15.6 Å². The molecule has 0 aliphatic carbocycles. The summed E-state index contributed by atoms with van der Waals surface area (Å²) in [5.41, 5.74) is 7.17. The molecule has 0 saturated heterocycles. The van der Waals surface area contributed by atoms with Crippen molar-refractivity contribution in [3.8, 4) is 0 Å². The van der Waals surface area contributed by atoms with Crippen molar-refractivity contribution in [2.75, 3.05) is 44.9 Å². The van der Waals surface area contributed by atoms with E-state index in [1.54, 1.807) is 18.0 Å². The molecule has 2 amide bonds. The van der Waals surface area contributed by atoms with Gasteiger partial charge in [-0.05, 0) is 33.3 Å². The molecule has 1 aromatic rings. The lowest BCUT2D eigenvalue weighted by molar-refractivity contribution is 0.0541. The molecule has 0 bridgehead atoms. The molecule has 2 heterocycles. The Balaban J connectivity index is 0.000000345. The number of anilines is 2. The Morgan fingerprint density at radius 1 is 1.41 bits per heavy atom. The molecule has 27 heavy (non-hydrogen) atoms. The van der Waals surface area contributed by atoms with E-state index < -0.39 is 6.67 Å². The summed E-state index contributed by atoms with van der Waals surface area (Å²) in [4.78, 5) is 28.6. The first-order valence-electron chi connectivity index (χ1n) is 8.86. The van der Waals surface area contributed by atoms with Crippen LogP contribution in [0.25, 0.3) is 0 Å². The molecule has 9 heteroatoms. The second kappa shape index (κ2) is 9.94. The molecule has 152 valence electrons. The number of amides is 2. The summed E-state index contributed by atoms with van der Waals surface area (Å²) >= 11 is 0. The fourth-order valence-electron chi connectivity index (χ4n) is 2.45. The van der Waals surface area contributed by atoms with Gasteiger partial charge >= 0.3 is 6.09 Å². The number of ether oxygens (including phenoxy) is 1. The van der Waals surface area contributed by atoms with Crippen LogP contribution in [0.5, 0.6) is 0 Å². The largest absolute Gasteiger partial charge is 0.444 e. The topological polar surface area (TPSA) is 110 Å². The minimum absolute atomic E-state index is 0.105. The Morgan fingerprint density at radius 2 is 2.07 bits per heavy atom. The zero-order chi connectivity index (χ0) is 20.6. The SMILES string of the molecule is CNC(=O)OC(C)(C)C.CNc1nc2c(cc1N)C(=O)N(CCCF)CC2. The molecule has 0 atom stereocenters. The molecule has 0 saturated carbocycles. The number of hydrogen-bond donors (Lipinski definition) is 3. The number of alkyl carbamates (subject to hydrolysis) is 1. The Morgan fingerprint density at radius 3 is 2.56 bits per heavy atom. The van der Waals surface area contributed by atoms with Gasteiger partial charge in [-0.1, -0.05) is 0 Å². The molecule has 4 N–H and O–H groups in total. The van der Waals surface area contributed by atoms with Gasteiger partial charge in [0.15, 0.2) is 0 Å². The van der Waals surface area contributed by atoms with E-state index in [1.807, 2.05) is 20.8 Å². The number of rotatable bonds is 4. The Kier molecular flexibility index (Phi) is 8.27. The van der Waals surface area contributed by atoms with Crippen LogP contribution >= 0.6 is 0 Å². The van der Waals surface area contributed by atoms with Gasteiger partial charge in [0, 0.05) is 33.6 Å². The van der Waals surface area contributed by atoms with Crippen molar-refractivity contribution < 1.29 is 18.7 Å². The number of hydrogen-bond acceptors (Lipinski definition) is 6. The monoisotopic (exact) mass is 383 g/mol. The van der Waals surface area contributed by atoms with Crippen LogP contribution in [0.2, 0.25) is 0 Å². The maximum Gasteiger partial charge on any atom is 0.407 e. The van der Waals surface area contributed by atoms with Gasteiger partial charge in [0.25, 0.3) is 5.91 Å². The van der Waals surface area contributed by atoms with E-state index >= 15 is 0 Å². The third-order valence-electron chi connectivity index (χ3n) is 3.67. The highest BCUT2D eigenvalue weighted by atomic mass is 19.1. The smallest absolute Gasteiger partial charge is 0.407 e. The van der Waals surface area contributed by atoms with Crippen molar-refractivity contribution in [2.45, 2.75) is 39.2 Å². The Hall–Kier alpha value is -2.58. The van der Waals surface area contributed by atoms with E-state index in [0.717, 1.165) is 5.69 Å². The molecule has 0 aromatic carbocycles. The van der Waals surface area contributed by atoms with Crippen molar-refractivity contribution in [3.63, 3.8) is 0 Å². The highest BCUT2D eigenvalue weighted by Gasteiger charge is 2.26. The van der Waals surface area contributed by atoms with E-state index in [9.17, 15) is 14.0 Å². The number of nitrogens with two attached hydrogens (primary N) is 1. The molecule has 1 aromatic heterocycles. The molecule has 1 aliphatic heterocycles. The summed E-state index contributed by atoms with van der Waals surface area (Å²) in [5, 5.41) is 5.26. The molecule has 0 unspecified atom stereocenters. The number of carbonyl (C=O) groups excluding carboxylic acids is 2. The highest BCUT2D eigenvalue weighted by molar-refractivity contribution is 5.97. The van der Waals surface area contributed by atoms with Crippen LogP contribution in [0.15, 0.2) is 6.07 Å². The second-order valence-corrected chi connectivity index (χ2v) is 7.01. The minimum atomic E-state index is -0.407. The molecule has 1 aliphatic rings. The third kappa shape index (κ3) is 6.92. The van der Waals surface area contributed by atoms with Crippen molar-refractivity contribution in [2.24, 2.45) is 0 Å². The summed E-state index contributed by atoms with van der Waals surface area (Å²) in [6.45, 7) is 6.09. The van der Waals surface area contributed by atoms with Gasteiger partial charge in [0.1, 0.15) is 11.4 Å². The fourth-order valence-corrected chi connectivity index (χ4v) is 2.45. The van der Waals surface area contributed by atoms with Crippen molar-refractivity contribution in [1.82, 2.24) is 15.2 Å². The molecular formula is C18H30FN5O3. The number of alkyl halides is 1. The van der Waals surface area contributed by atoms with Gasteiger partial charge in [-0.2, -0.15) is 0 Å². The number of fused-ring (bicyclic) bond motifs is 1. The molecular weight excluding hydrogens is 353 g/mol. The predicted molar refractivity (Wildman–Crippen MR) is 104 cm³/mol. The van der Waals surface area contributed by atoms with Gasteiger partial charge in [-0.25, -0.2) is 9.78 Å². The number of halogens is 1. The van der Waals surface area contributed by atoms with Crippen molar-refractivity contribution in [3.05, 3.63) is 17.3 Å². The minimum Gasteiger partial charge on any atom is -0.444 e. The van der Waals surface area contributed by atoms with Crippen LogP contribution in [0.4, 0.5) is 20.7 Å². The average molecular weight is 383 g/mol. The first-order valence-corrected chi connectivity index (χ1v) is 8.86. The molecule has 0 radical (unpaired) electrons. The standard InChI is InChI=1S/C12H17FN4O.C6H13NO2/c1-15-11-9(14)7-8-10(16-11)3-6-17(12(8)18)5-2-4-13;1-6(2,3)9-5(8)7-4/h7H,2-6,14H2,1H3,(H,15,16);1-4H3,(H,7,8). The van der Waals surface area contributed by atoms with Crippen LogP contribution in [-0.4, -0.2) is 61.3 Å². The van der Waals surface area contributed by atoms with E-state index in [-0.39, 0.29) is 17.6 Å². The summed E-state index contributed by atoms with van der Waals surface area (Å²) in [5.74, 6) is 0.491. The van der Waals surface area contributed by atoms with Crippen LogP contribution in [0.1, 0.15) is 43.2 Å². The average Bonchev–Trinajstić information content (AvgIpc) is 2.60. The Labute approximate surface area is 159 Å². The number of pyridine rings is 1. The van der Waals surface area contributed by atoms with Crippen LogP contribution in [0, 0.1) is 0 Å². The summed E-state index contributed by atoms with van der Waals surface area (Å²) in [6, 6.07) is 1.65. The van der Waals surface area contributed by atoms with Gasteiger partial charge in [0.05, 0.1) is 23.6 Å². The number of nitrogens with one attached hydrogen (secondary N) is 2. The number of nitrogen functional groups attached to an aromatic ring is 1. The highest BCUT2D eigenvalue weighted by Crippen LogP contribution is 2.24. The lowest BCUT2D eigenvalue weighted by atomic mass is 10.0.